The Kier molecular flexibility index (Phi) is 4.66. The van der Waals surface area contributed by atoms with Crippen molar-refractivity contribution in [3.05, 3.63) is 34.8 Å². The molecule has 2 N–H and O–H groups in total. The van der Waals surface area contributed by atoms with Crippen LogP contribution in [0.1, 0.15) is 17.8 Å². The van der Waals surface area contributed by atoms with Gasteiger partial charge in [-0.05, 0) is 18.2 Å². The highest BCUT2D eigenvalue weighted by molar-refractivity contribution is 7.09. The summed E-state index contributed by atoms with van der Waals surface area (Å²) in [5.41, 5.74) is 1.23. The standard InChI is InChI=1S/C16H18N4O3S/c1-10(15-17-5-6-24-15)8-18-16(22)19-11-3-4-13-12(7-11)20(2)14(21)9-23-13/h3-7,10H,8-9H2,1-2H3,(H2,18,19,22). The van der Waals surface area contributed by atoms with E-state index in [1.807, 2.05) is 12.3 Å². The average Bonchev–Trinajstić information content (AvgIpc) is 3.11. The van der Waals surface area contributed by atoms with E-state index >= 15 is 0 Å². The summed E-state index contributed by atoms with van der Waals surface area (Å²) < 4.78 is 5.36. The van der Waals surface area contributed by atoms with E-state index in [0.717, 1.165) is 5.01 Å². The second-order valence-corrected chi connectivity index (χ2v) is 6.46. The van der Waals surface area contributed by atoms with Crippen molar-refractivity contribution in [2.75, 3.05) is 30.4 Å². The van der Waals surface area contributed by atoms with Gasteiger partial charge in [0.15, 0.2) is 6.61 Å². The molecule has 3 amide bonds. The van der Waals surface area contributed by atoms with Gasteiger partial charge in [0.25, 0.3) is 5.91 Å². The highest BCUT2D eigenvalue weighted by Gasteiger charge is 2.22. The minimum absolute atomic E-state index is 0.0331. The Balaban J connectivity index is 1.60. The summed E-state index contributed by atoms with van der Waals surface area (Å²) in [6, 6.07) is 4.90. The van der Waals surface area contributed by atoms with Crippen LogP contribution in [0.25, 0.3) is 0 Å². The van der Waals surface area contributed by atoms with E-state index in [4.69, 9.17) is 4.74 Å². The van der Waals surface area contributed by atoms with Crippen LogP contribution in [-0.2, 0) is 4.79 Å². The fraction of sp³-hybridized carbons (Fsp3) is 0.312. The molecule has 1 aliphatic rings. The van der Waals surface area contributed by atoms with E-state index in [0.29, 0.717) is 23.7 Å². The second kappa shape index (κ2) is 6.88. The maximum absolute atomic E-state index is 12.0. The Hall–Kier alpha value is -2.61. The van der Waals surface area contributed by atoms with Crippen LogP contribution in [0, 0.1) is 0 Å². The number of likely N-dealkylation sites (N-methyl/N-ethyl adjacent to an activating group) is 1. The van der Waals surface area contributed by atoms with Crippen molar-refractivity contribution < 1.29 is 14.3 Å². The van der Waals surface area contributed by atoms with Crippen molar-refractivity contribution in [3.8, 4) is 5.75 Å². The number of ether oxygens (including phenoxy) is 1. The summed E-state index contributed by atoms with van der Waals surface area (Å²) in [7, 11) is 1.68. The van der Waals surface area contributed by atoms with Gasteiger partial charge < -0.3 is 20.3 Å². The van der Waals surface area contributed by atoms with Crippen LogP contribution in [0.5, 0.6) is 5.75 Å². The minimum Gasteiger partial charge on any atom is -0.482 e. The molecule has 3 rings (SSSR count). The van der Waals surface area contributed by atoms with Crippen LogP contribution in [-0.4, -0.2) is 37.1 Å². The Morgan fingerprint density at radius 2 is 2.33 bits per heavy atom. The molecule has 1 aromatic heterocycles. The number of urea groups is 1. The van der Waals surface area contributed by atoms with Crippen LogP contribution in [0.3, 0.4) is 0 Å². The monoisotopic (exact) mass is 346 g/mol. The molecule has 0 saturated heterocycles. The summed E-state index contributed by atoms with van der Waals surface area (Å²) in [6.07, 6.45) is 1.75. The molecule has 126 valence electrons. The van der Waals surface area contributed by atoms with E-state index < -0.39 is 0 Å². The zero-order valence-corrected chi connectivity index (χ0v) is 14.2. The summed E-state index contributed by atoms with van der Waals surface area (Å²) >= 11 is 1.57. The predicted octanol–water partition coefficient (Wildman–Crippen LogP) is 2.42. The largest absolute Gasteiger partial charge is 0.482 e. The van der Waals surface area contributed by atoms with Gasteiger partial charge in [0.2, 0.25) is 0 Å². The van der Waals surface area contributed by atoms with Crippen molar-refractivity contribution in [1.82, 2.24) is 10.3 Å². The van der Waals surface area contributed by atoms with E-state index in [9.17, 15) is 9.59 Å². The normalized spacial score (nSPS) is 14.6. The molecule has 1 unspecified atom stereocenters. The molecule has 0 aliphatic carbocycles. The van der Waals surface area contributed by atoms with Gasteiger partial charge >= 0.3 is 6.03 Å². The molecule has 0 saturated carbocycles. The number of nitrogens with zero attached hydrogens (tertiary/aromatic N) is 2. The molecule has 1 aromatic carbocycles. The number of thiazole rings is 1. The van der Waals surface area contributed by atoms with Crippen LogP contribution in [0.2, 0.25) is 0 Å². The van der Waals surface area contributed by atoms with Gasteiger partial charge in [0.1, 0.15) is 5.75 Å². The summed E-state index contributed by atoms with van der Waals surface area (Å²) in [6.45, 7) is 2.53. The lowest BCUT2D eigenvalue weighted by Gasteiger charge is -2.26. The molecule has 1 atom stereocenters. The van der Waals surface area contributed by atoms with Gasteiger partial charge in [-0.1, -0.05) is 6.92 Å². The molecule has 8 heteroatoms. The zero-order chi connectivity index (χ0) is 17.1. The van der Waals surface area contributed by atoms with Crippen LogP contribution in [0.15, 0.2) is 29.8 Å². The fourth-order valence-corrected chi connectivity index (χ4v) is 3.03. The van der Waals surface area contributed by atoms with Crippen molar-refractivity contribution in [2.45, 2.75) is 12.8 Å². The van der Waals surface area contributed by atoms with Gasteiger partial charge in [0.05, 0.1) is 10.7 Å². The maximum atomic E-state index is 12.0. The van der Waals surface area contributed by atoms with Crippen molar-refractivity contribution >= 4 is 34.6 Å². The van der Waals surface area contributed by atoms with Gasteiger partial charge in [-0.2, -0.15) is 0 Å². The van der Waals surface area contributed by atoms with Crippen LogP contribution >= 0.6 is 11.3 Å². The smallest absolute Gasteiger partial charge is 0.319 e. The fourth-order valence-electron chi connectivity index (χ4n) is 2.34. The van der Waals surface area contributed by atoms with E-state index in [1.54, 1.807) is 42.8 Å². The lowest BCUT2D eigenvalue weighted by molar-refractivity contribution is -0.120. The number of nitrogens with one attached hydrogen (secondary N) is 2. The van der Waals surface area contributed by atoms with E-state index in [1.165, 1.54) is 4.90 Å². The Morgan fingerprint density at radius 3 is 3.08 bits per heavy atom. The third-order valence-electron chi connectivity index (χ3n) is 3.75. The summed E-state index contributed by atoms with van der Waals surface area (Å²) in [5, 5.41) is 8.49. The van der Waals surface area contributed by atoms with Gasteiger partial charge in [-0.25, -0.2) is 9.78 Å². The summed E-state index contributed by atoms with van der Waals surface area (Å²) in [5.74, 6) is 0.651. The van der Waals surface area contributed by atoms with Crippen molar-refractivity contribution in [1.29, 1.82) is 0 Å². The van der Waals surface area contributed by atoms with Crippen molar-refractivity contribution in [3.63, 3.8) is 0 Å². The first-order valence-electron chi connectivity index (χ1n) is 7.52. The molecule has 2 aromatic rings. The minimum atomic E-state index is -0.302. The summed E-state index contributed by atoms with van der Waals surface area (Å²) in [4.78, 5) is 29.5. The second-order valence-electron chi connectivity index (χ2n) is 5.53. The molecule has 0 radical (unpaired) electrons. The van der Waals surface area contributed by atoms with Gasteiger partial charge in [0, 0.05) is 36.8 Å². The molecule has 0 bridgehead atoms. The first-order chi connectivity index (χ1) is 11.5. The van der Waals surface area contributed by atoms with Gasteiger partial charge in [-0.15, -0.1) is 11.3 Å². The Labute approximate surface area is 143 Å². The lowest BCUT2D eigenvalue weighted by atomic mass is 10.2. The Morgan fingerprint density at radius 1 is 1.50 bits per heavy atom. The number of carbonyl (C=O) groups is 2. The quantitative estimate of drug-likeness (QED) is 0.890. The first-order valence-corrected chi connectivity index (χ1v) is 8.40. The molecule has 24 heavy (non-hydrogen) atoms. The molecule has 2 heterocycles. The topological polar surface area (TPSA) is 83.6 Å². The lowest BCUT2D eigenvalue weighted by Crippen LogP contribution is -2.35. The van der Waals surface area contributed by atoms with E-state index in [2.05, 4.69) is 15.6 Å². The van der Waals surface area contributed by atoms with Gasteiger partial charge in [-0.3, -0.25) is 4.79 Å². The molecular formula is C16H18N4O3S. The number of fused-ring (bicyclic) bond motifs is 1. The highest BCUT2D eigenvalue weighted by Crippen LogP contribution is 2.33. The van der Waals surface area contributed by atoms with Crippen molar-refractivity contribution in [2.24, 2.45) is 0 Å². The molecule has 0 spiro atoms. The average molecular weight is 346 g/mol. The molecular weight excluding hydrogens is 328 g/mol. The number of benzene rings is 1. The third-order valence-corrected chi connectivity index (χ3v) is 4.75. The molecule has 0 fully saturated rings. The third kappa shape index (κ3) is 3.48. The SMILES string of the molecule is CC(CNC(=O)Nc1ccc2c(c1)N(C)C(=O)CO2)c1nccs1. The number of hydrogen-bond acceptors (Lipinski definition) is 5. The number of carbonyl (C=O) groups excluding carboxylic acids is 2. The highest BCUT2D eigenvalue weighted by atomic mass is 32.1. The predicted molar refractivity (Wildman–Crippen MR) is 92.9 cm³/mol. The number of amides is 3. The molecule has 1 aliphatic heterocycles. The van der Waals surface area contributed by atoms with Crippen LogP contribution in [0.4, 0.5) is 16.2 Å². The number of anilines is 2. The first kappa shape index (κ1) is 16.3. The van der Waals surface area contributed by atoms with E-state index in [-0.39, 0.29) is 24.5 Å². The number of rotatable bonds is 4. The molecule has 7 nitrogen and oxygen atoms in total. The number of hydrogen-bond donors (Lipinski definition) is 2. The maximum Gasteiger partial charge on any atom is 0.319 e. The number of aromatic nitrogens is 1. The zero-order valence-electron chi connectivity index (χ0n) is 13.4. The Bertz CT molecular complexity index is 748. The van der Waals surface area contributed by atoms with Crippen LogP contribution < -0.4 is 20.3 Å².